The van der Waals surface area contributed by atoms with Gasteiger partial charge in [-0.1, -0.05) is 18.2 Å². The monoisotopic (exact) mass is 289 g/mol. The smallest absolute Gasteiger partial charge is 0.287 e. The lowest BCUT2D eigenvalue weighted by Crippen LogP contribution is -2.32. The van der Waals surface area contributed by atoms with Crippen LogP contribution < -0.4 is 5.32 Å². The largest absolute Gasteiger partial charge is 0.451 e. The van der Waals surface area contributed by atoms with Crippen LogP contribution in [0.25, 0.3) is 11.0 Å². The number of furan rings is 1. The van der Waals surface area contributed by atoms with Crippen molar-refractivity contribution >= 4 is 16.9 Å². The molecule has 21 heavy (non-hydrogen) atoms. The van der Waals surface area contributed by atoms with Crippen LogP contribution in [0.4, 0.5) is 0 Å². The van der Waals surface area contributed by atoms with E-state index in [4.69, 9.17) is 13.9 Å². The van der Waals surface area contributed by atoms with E-state index in [0.717, 1.165) is 30.4 Å². The number of hydrogen-bond donors (Lipinski definition) is 1. The summed E-state index contributed by atoms with van der Waals surface area (Å²) >= 11 is 0. The van der Waals surface area contributed by atoms with Gasteiger partial charge in [-0.15, -0.1) is 0 Å². The summed E-state index contributed by atoms with van der Waals surface area (Å²) in [5.41, 5.74) is 1.49. The highest BCUT2D eigenvalue weighted by molar-refractivity contribution is 5.99. The van der Waals surface area contributed by atoms with Gasteiger partial charge in [-0.2, -0.15) is 0 Å². The lowest BCUT2D eigenvalue weighted by molar-refractivity contribution is 0.0832. The Labute approximate surface area is 123 Å². The second-order valence-corrected chi connectivity index (χ2v) is 5.18. The van der Waals surface area contributed by atoms with Crippen LogP contribution in [0.1, 0.15) is 29.0 Å². The molecule has 2 aromatic rings. The van der Waals surface area contributed by atoms with Gasteiger partial charge in [-0.3, -0.25) is 4.79 Å². The molecule has 0 saturated carbocycles. The second-order valence-electron chi connectivity index (χ2n) is 5.18. The minimum atomic E-state index is -0.214. The first-order chi connectivity index (χ1) is 10.3. The number of carbonyl (C=O) groups excluding carboxylic acids is 1. The molecule has 1 aliphatic heterocycles. The second kappa shape index (κ2) is 6.28. The van der Waals surface area contributed by atoms with Crippen molar-refractivity contribution in [2.45, 2.75) is 25.6 Å². The average Bonchev–Trinajstić information content (AvgIpc) is 3.13. The van der Waals surface area contributed by atoms with E-state index < -0.39 is 0 Å². The summed E-state index contributed by atoms with van der Waals surface area (Å²) < 4.78 is 16.4. The maximum absolute atomic E-state index is 12.4. The summed E-state index contributed by atoms with van der Waals surface area (Å²) in [6.45, 7) is 1.64. The van der Waals surface area contributed by atoms with E-state index in [2.05, 4.69) is 5.32 Å². The zero-order valence-electron chi connectivity index (χ0n) is 12.1. The number of methoxy groups -OCH3 is 1. The SMILES string of the molecule is COCc1c(C(=O)NCC2CCCO2)oc2ccccc12. The topological polar surface area (TPSA) is 60.7 Å². The Bertz CT molecular complexity index is 628. The van der Waals surface area contributed by atoms with Gasteiger partial charge in [0.1, 0.15) is 5.58 Å². The van der Waals surface area contributed by atoms with Crippen LogP contribution in [0, 0.1) is 0 Å². The Morgan fingerprint density at radius 1 is 1.43 bits per heavy atom. The van der Waals surface area contributed by atoms with Crippen molar-refractivity contribution in [3.63, 3.8) is 0 Å². The van der Waals surface area contributed by atoms with Crippen LogP contribution in [0.3, 0.4) is 0 Å². The highest BCUT2D eigenvalue weighted by Gasteiger charge is 2.22. The molecule has 3 rings (SSSR count). The Balaban J connectivity index is 1.80. The zero-order valence-corrected chi connectivity index (χ0v) is 12.1. The van der Waals surface area contributed by atoms with Crippen LogP contribution in [0.15, 0.2) is 28.7 Å². The molecule has 1 aliphatic rings. The number of nitrogens with one attached hydrogen (secondary N) is 1. The third-order valence-corrected chi connectivity index (χ3v) is 3.71. The van der Waals surface area contributed by atoms with Gasteiger partial charge in [0.2, 0.25) is 0 Å². The molecule has 2 heterocycles. The van der Waals surface area contributed by atoms with Crippen LogP contribution in [-0.4, -0.2) is 32.3 Å². The van der Waals surface area contributed by atoms with Crippen molar-refractivity contribution in [1.29, 1.82) is 0 Å². The highest BCUT2D eigenvalue weighted by atomic mass is 16.5. The molecule has 1 saturated heterocycles. The average molecular weight is 289 g/mol. The Hall–Kier alpha value is -1.85. The quantitative estimate of drug-likeness (QED) is 0.918. The minimum Gasteiger partial charge on any atom is -0.451 e. The van der Waals surface area contributed by atoms with E-state index in [0.29, 0.717) is 24.5 Å². The minimum absolute atomic E-state index is 0.115. The molecule has 5 heteroatoms. The predicted octanol–water partition coefficient (Wildman–Crippen LogP) is 2.49. The molecule has 1 aromatic carbocycles. The van der Waals surface area contributed by atoms with Gasteiger partial charge < -0.3 is 19.2 Å². The normalized spacial score (nSPS) is 18.2. The molecule has 1 atom stereocenters. The number of fused-ring (bicyclic) bond motifs is 1. The molecular weight excluding hydrogens is 270 g/mol. The van der Waals surface area contributed by atoms with Gasteiger partial charge in [0.15, 0.2) is 5.76 Å². The molecule has 5 nitrogen and oxygen atoms in total. The molecule has 0 radical (unpaired) electrons. The summed E-state index contributed by atoms with van der Waals surface area (Å²) in [5.74, 6) is 0.116. The Kier molecular flexibility index (Phi) is 4.22. The van der Waals surface area contributed by atoms with Gasteiger partial charge in [-0.25, -0.2) is 0 Å². The van der Waals surface area contributed by atoms with E-state index >= 15 is 0 Å². The Morgan fingerprint density at radius 2 is 2.29 bits per heavy atom. The summed E-state index contributed by atoms with van der Waals surface area (Å²) in [4.78, 5) is 12.4. The summed E-state index contributed by atoms with van der Waals surface area (Å²) in [5, 5.41) is 3.81. The van der Waals surface area contributed by atoms with Crippen LogP contribution in [0.2, 0.25) is 0 Å². The first-order valence-electron chi connectivity index (χ1n) is 7.18. The van der Waals surface area contributed by atoms with Crippen molar-refractivity contribution in [2.24, 2.45) is 0 Å². The first-order valence-corrected chi connectivity index (χ1v) is 7.18. The molecule has 0 spiro atoms. The molecule has 0 aliphatic carbocycles. The molecule has 1 unspecified atom stereocenters. The Morgan fingerprint density at radius 3 is 3.05 bits per heavy atom. The van der Waals surface area contributed by atoms with Crippen molar-refractivity contribution in [3.8, 4) is 0 Å². The summed E-state index contributed by atoms with van der Waals surface area (Å²) in [6.07, 6.45) is 2.16. The molecule has 1 amide bonds. The van der Waals surface area contributed by atoms with E-state index in [1.165, 1.54) is 0 Å². The van der Waals surface area contributed by atoms with E-state index in [-0.39, 0.29) is 12.0 Å². The zero-order chi connectivity index (χ0) is 14.7. The van der Waals surface area contributed by atoms with Gasteiger partial charge in [-0.05, 0) is 18.9 Å². The van der Waals surface area contributed by atoms with Crippen LogP contribution >= 0.6 is 0 Å². The molecule has 1 fully saturated rings. The van der Waals surface area contributed by atoms with Crippen LogP contribution in [0.5, 0.6) is 0 Å². The van der Waals surface area contributed by atoms with E-state index in [1.807, 2.05) is 24.3 Å². The van der Waals surface area contributed by atoms with Crippen molar-refractivity contribution in [1.82, 2.24) is 5.32 Å². The maximum atomic E-state index is 12.4. The summed E-state index contributed by atoms with van der Waals surface area (Å²) in [6, 6.07) is 7.59. The molecule has 112 valence electrons. The van der Waals surface area contributed by atoms with Gasteiger partial charge in [0, 0.05) is 31.2 Å². The number of hydrogen-bond acceptors (Lipinski definition) is 4. The van der Waals surface area contributed by atoms with E-state index in [1.54, 1.807) is 7.11 Å². The molecule has 1 aromatic heterocycles. The fourth-order valence-electron chi connectivity index (χ4n) is 2.66. The van der Waals surface area contributed by atoms with Gasteiger partial charge in [0.05, 0.1) is 12.7 Å². The standard InChI is InChI=1S/C16H19NO4/c1-19-10-13-12-6-2-3-7-14(12)21-15(13)16(18)17-9-11-5-4-8-20-11/h2-3,6-7,11H,4-5,8-10H2,1H3,(H,17,18). The van der Waals surface area contributed by atoms with Gasteiger partial charge >= 0.3 is 0 Å². The first kappa shape index (κ1) is 14.1. The third-order valence-electron chi connectivity index (χ3n) is 3.71. The van der Waals surface area contributed by atoms with E-state index in [9.17, 15) is 4.79 Å². The fraction of sp³-hybridized carbons (Fsp3) is 0.438. The molecular formula is C16H19NO4. The van der Waals surface area contributed by atoms with Crippen molar-refractivity contribution in [3.05, 3.63) is 35.6 Å². The number of rotatable bonds is 5. The maximum Gasteiger partial charge on any atom is 0.287 e. The lowest BCUT2D eigenvalue weighted by Gasteiger charge is -2.10. The molecule has 0 bridgehead atoms. The van der Waals surface area contributed by atoms with Crippen LogP contribution in [-0.2, 0) is 16.1 Å². The number of carbonyl (C=O) groups is 1. The number of ether oxygens (including phenoxy) is 2. The summed E-state index contributed by atoms with van der Waals surface area (Å²) in [7, 11) is 1.61. The van der Waals surface area contributed by atoms with Crippen molar-refractivity contribution in [2.75, 3.05) is 20.3 Å². The number of benzene rings is 1. The predicted molar refractivity (Wildman–Crippen MR) is 78.2 cm³/mol. The lowest BCUT2D eigenvalue weighted by atomic mass is 10.1. The third kappa shape index (κ3) is 2.94. The molecule has 1 N–H and O–H groups in total. The number of para-hydroxylation sites is 1. The highest BCUT2D eigenvalue weighted by Crippen LogP contribution is 2.26. The van der Waals surface area contributed by atoms with Gasteiger partial charge in [0.25, 0.3) is 5.91 Å². The fourth-order valence-corrected chi connectivity index (χ4v) is 2.66. The van der Waals surface area contributed by atoms with Crippen molar-refractivity contribution < 1.29 is 18.7 Å². The number of amides is 1.